The van der Waals surface area contributed by atoms with Crippen molar-refractivity contribution in [2.45, 2.75) is 76.9 Å². The lowest BCUT2D eigenvalue weighted by atomic mass is 9.92. The average molecular weight is 1040 g/mol. The summed E-state index contributed by atoms with van der Waals surface area (Å²) in [4.78, 5) is 92.1. The van der Waals surface area contributed by atoms with Crippen LogP contribution in [0, 0.1) is 18.7 Å². The summed E-state index contributed by atoms with van der Waals surface area (Å²) >= 11 is 0. The molecule has 0 saturated carbocycles. The third-order valence-electron chi connectivity index (χ3n) is 14.4. The van der Waals surface area contributed by atoms with Crippen molar-refractivity contribution in [3.63, 3.8) is 0 Å². The molecule has 4 aliphatic heterocycles. The Morgan fingerprint density at radius 3 is 2.35 bits per heavy atom. The summed E-state index contributed by atoms with van der Waals surface area (Å²) in [5, 5.41) is 5.02. The third-order valence-corrected chi connectivity index (χ3v) is 14.4. The van der Waals surface area contributed by atoms with E-state index in [0.717, 1.165) is 55.4 Å². The van der Waals surface area contributed by atoms with Crippen LogP contribution in [0.1, 0.15) is 76.9 Å². The van der Waals surface area contributed by atoms with Crippen molar-refractivity contribution in [1.82, 2.24) is 29.7 Å². The van der Waals surface area contributed by atoms with E-state index in [1.807, 2.05) is 23.1 Å². The predicted molar refractivity (Wildman–Crippen MR) is 263 cm³/mol. The number of likely N-dealkylation sites (tertiary alicyclic amines) is 1. The summed E-state index contributed by atoms with van der Waals surface area (Å²) in [5.74, 6) is -2.61. The van der Waals surface area contributed by atoms with Crippen molar-refractivity contribution >= 4 is 62.7 Å². The molecule has 2 aromatic heterocycles. The minimum atomic E-state index is -5.00. The van der Waals surface area contributed by atoms with Crippen LogP contribution in [0.5, 0.6) is 28.9 Å². The molecule has 75 heavy (non-hydrogen) atoms. The molecule has 4 aliphatic rings. The van der Waals surface area contributed by atoms with E-state index >= 15 is 4.39 Å². The second kappa shape index (κ2) is 20.2. The van der Waals surface area contributed by atoms with Gasteiger partial charge in [-0.2, -0.15) is 0 Å². The maximum Gasteiger partial charge on any atom is 0.573 e. The van der Waals surface area contributed by atoms with Crippen LogP contribution in [-0.2, 0) is 28.0 Å². The zero-order valence-electron chi connectivity index (χ0n) is 40.9. The van der Waals surface area contributed by atoms with E-state index in [2.05, 4.69) is 30.2 Å². The quantitative estimate of drug-likeness (QED) is 0.0913. The number of rotatable bonds is 12. The zero-order chi connectivity index (χ0) is 52.9. The van der Waals surface area contributed by atoms with Gasteiger partial charge < -0.3 is 43.5 Å². The molecule has 390 valence electrons. The Hall–Kier alpha value is -8.30. The van der Waals surface area contributed by atoms with Gasteiger partial charge in [0.05, 0.1) is 28.9 Å². The first-order chi connectivity index (χ1) is 35.9. The lowest BCUT2D eigenvalue weighted by molar-refractivity contribution is -0.274. The summed E-state index contributed by atoms with van der Waals surface area (Å²) < 4.78 is 77.9. The topological polar surface area (TPSA) is 204 Å². The Balaban J connectivity index is 0.722. The molecule has 3 saturated heterocycles. The van der Waals surface area contributed by atoms with E-state index < -0.39 is 41.2 Å². The largest absolute Gasteiger partial charge is 0.573 e. The van der Waals surface area contributed by atoms with Gasteiger partial charge in [0.25, 0.3) is 11.8 Å². The van der Waals surface area contributed by atoms with Gasteiger partial charge in [0.2, 0.25) is 29.0 Å². The Labute approximate surface area is 425 Å². The predicted octanol–water partition coefficient (Wildman–Crippen LogP) is 7.32. The van der Waals surface area contributed by atoms with Crippen LogP contribution in [0.4, 0.5) is 28.9 Å². The van der Waals surface area contributed by atoms with E-state index in [9.17, 15) is 41.9 Å². The van der Waals surface area contributed by atoms with E-state index in [4.69, 9.17) is 14.2 Å². The number of carbonyl (C=O) groups excluding carboxylic acids is 5. The van der Waals surface area contributed by atoms with Gasteiger partial charge in [-0.1, -0.05) is 0 Å². The fourth-order valence-corrected chi connectivity index (χ4v) is 10.4. The molecule has 0 aliphatic carbocycles. The van der Waals surface area contributed by atoms with E-state index in [1.54, 1.807) is 24.1 Å². The number of nitrogens with zero attached hydrogens (tertiary/aromatic N) is 6. The molecule has 5 amide bonds. The second-order valence-electron chi connectivity index (χ2n) is 19.0. The second-order valence-corrected chi connectivity index (χ2v) is 19.0. The number of carbonyl (C=O) groups is 5. The number of alkyl halides is 3. The molecule has 0 bridgehead atoms. The van der Waals surface area contributed by atoms with E-state index in [0.29, 0.717) is 73.3 Å². The minimum absolute atomic E-state index is 0.0109. The number of amides is 5. The highest BCUT2D eigenvalue weighted by Crippen LogP contribution is 2.39. The third kappa shape index (κ3) is 10.3. The fraction of sp³-hybridized carbons (Fsp3) is 0.358. The Kier molecular flexibility index (Phi) is 13.5. The van der Waals surface area contributed by atoms with Gasteiger partial charge in [-0.15, -0.1) is 13.2 Å². The van der Waals surface area contributed by atoms with Crippen molar-refractivity contribution in [1.29, 1.82) is 0 Å². The number of imide groups is 1. The molecule has 1 unspecified atom stereocenters. The minimum Gasteiger partial charge on any atom is -0.493 e. The van der Waals surface area contributed by atoms with Gasteiger partial charge in [0, 0.05) is 100 Å². The summed E-state index contributed by atoms with van der Waals surface area (Å²) in [6.45, 7) is 4.37. The van der Waals surface area contributed by atoms with Crippen molar-refractivity contribution in [2.75, 3.05) is 43.5 Å². The van der Waals surface area contributed by atoms with Crippen LogP contribution in [0.3, 0.4) is 0 Å². The molecule has 2 N–H and O–H groups in total. The van der Waals surface area contributed by atoms with Crippen LogP contribution in [0.15, 0.2) is 77.9 Å². The molecule has 3 fully saturated rings. The number of piperidine rings is 3. The zero-order valence-corrected chi connectivity index (χ0v) is 40.9. The highest BCUT2D eigenvalue weighted by molar-refractivity contribution is 6.07. The number of pyridine rings is 1. The molecule has 0 spiro atoms. The average Bonchev–Trinajstić information content (AvgIpc) is 3.70. The summed E-state index contributed by atoms with van der Waals surface area (Å²) in [6, 6.07) is 15.2. The molecule has 6 heterocycles. The van der Waals surface area contributed by atoms with Crippen LogP contribution in [-0.4, -0.2) is 106 Å². The molecule has 6 aromatic rings. The standard InChI is InChI=1S/C53H50F4N8O10/c1-28-47(48(68)37-23-34(75-53(55,56)57)6-8-40(37)62(28)2)50(70)60-31-4-10-42(38(54)22-31)74-51-36-24-43(72-3)44(25-39(36)58-27-59-51)73-33-14-18-64(19-15-33)46(67)20-29-12-16-63(17-13-29)32-5-7-35-30(21-32)26-65(52(35)71)41-9-11-45(66)61-49(41)69/h4-8,10,21-25,27,29,33,41H,9,11-20,26H2,1-3H3,(H,60,70)(H,61,66,69). The maximum absolute atomic E-state index is 15.7. The van der Waals surface area contributed by atoms with Gasteiger partial charge in [-0.05, 0) is 92.3 Å². The van der Waals surface area contributed by atoms with E-state index in [1.165, 1.54) is 43.1 Å². The molecular formula is C53H50F4N8O10. The van der Waals surface area contributed by atoms with Crippen molar-refractivity contribution in [3.8, 4) is 28.9 Å². The molecule has 0 radical (unpaired) electrons. The SMILES string of the molecule is COc1cc2c(Oc3ccc(NC(=O)c4c(C)n(C)c5ccc(OC(F)(F)F)cc5c4=O)cc3F)ncnc2cc1OC1CCN(C(=O)CC2CCN(c3ccc4c(c3)CN(C3CCC(=O)NC3=O)C4=O)CC2)CC1. The molecule has 22 heteroatoms. The monoisotopic (exact) mass is 1030 g/mol. The number of ether oxygens (including phenoxy) is 4. The molecule has 1 atom stereocenters. The number of hydrogen-bond acceptors (Lipinski definition) is 13. The number of anilines is 2. The maximum atomic E-state index is 15.7. The smallest absolute Gasteiger partial charge is 0.493 e. The summed E-state index contributed by atoms with van der Waals surface area (Å²) in [5.41, 5.74) is 2.06. The van der Waals surface area contributed by atoms with Gasteiger partial charge in [-0.25, -0.2) is 14.4 Å². The Morgan fingerprint density at radius 2 is 1.63 bits per heavy atom. The highest BCUT2D eigenvalue weighted by atomic mass is 19.4. The summed E-state index contributed by atoms with van der Waals surface area (Å²) in [7, 11) is 3.01. The van der Waals surface area contributed by atoms with Crippen LogP contribution < -0.4 is 39.9 Å². The number of methoxy groups -OCH3 is 1. The number of fused-ring (bicyclic) bond motifs is 3. The number of nitrogens with one attached hydrogen (secondary N) is 2. The number of aromatic nitrogens is 3. The van der Waals surface area contributed by atoms with Crippen LogP contribution >= 0.6 is 0 Å². The fourth-order valence-electron chi connectivity index (χ4n) is 10.4. The van der Waals surface area contributed by atoms with Crippen LogP contribution in [0.25, 0.3) is 21.8 Å². The molecular weight excluding hydrogens is 985 g/mol. The van der Waals surface area contributed by atoms with Crippen molar-refractivity contribution in [3.05, 3.63) is 111 Å². The first-order valence-electron chi connectivity index (χ1n) is 24.4. The highest BCUT2D eigenvalue weighted by Gasteiger charge is 2.40. The summed E-state index contributed by atoms with van der Waals surface area (Å²) in [6.07, 6.45) is -0.193. The molecule has 18 nitrogen and oxygen atoms in total. The van der Waals surface area contributed by atoms with Gasteiger partial charge >= 0.3 is 6.36 Å². The van der Waals surface area contributed by atoms with E-state index in [-0.39, 0.29) is 75.6 Å². The first kappa shape index (κ1) is 50.2. The number of aryl methyl sites for hydroxylation is 1. The van der Waals surface area contributed by atoms with Crippen molar-refractivity contribution < 1.29 is 60.5 Å². The number of benzene rings is 4. The van der Waals surface area contributed by atoms with Gasteiger partial charge in [0.1, 0.15) is 29.8 Å². The first-order valence-corrected chi connectivity index (χ1v) is 24.4. The lowest BCUT2D eigenvalue weighted by Gasteiger charge is -2.36. The molecule has 4 aromatic carbocycles. The normalized spacial score (nSPS) is 17.6. The van der Waals surface area contributed by atoms with Gasteiger partial charge in [-0.3, -0.25) is 34.1 Å². The number of halogens is 4. The molecule has 10 rings (SSSR count). The number of hydrogen-bond donors (Lipinski definition) is 2. The van der Waals surface area contributed by atoms with Gasteiger partial charge in [0.15, 0.2) is 23.1 Å². The Bertz CT molecular complexity index is 3370. The van der Waals surface area contributed by atoms with Crippen molar-refractivity contribution in [2.24, 2.45) is 13.0 Å². The lowest BCUT2D eigenvalue weighted by Crippen LogP contribution is -2.52. The Morgan fingerprint density at radius 1 is 0.853 bits per heavy atom. The van der Waals surface area contributed by atoms with Crippen LogP contribution in [0.2, 0.25) is 0 Å².